The molecule has 0 saturated carbocycles. The average molecular weight is 265 g/mol. The maximum absolute atomic E-state index is 10.7. The van der Waals surface area contributed by atoms with Crippen LogP contribution in [0, 0.1) is 5.92 Å². The summed E-state index contributed by atoms with van der Waals surface area (Å²) in [6.07, 6.45) is 0. The van der Waals surface area contributed by atoms with Gasteiger partial charge in [-0.3, -0.25) is 9.69 Å². The number of nitrogens with zero attached hydrogens (tertiary/aromatic N) is 3. The fourth-order valence-electron chi connectivity index (χ4n) is 1.87. The SMILES string of the molecule is O=C(O)C1CN(Cc2nc(-c3cccs3)no2)C1. The van der Waals surface area contributed by atoms with E-state index in [4.69, 9.17) is 9.63 Å². The lowest BCUT2D eigenvalue weighted by atomic mass is 10.0. The first-order chi connectivity index (χ1) is 8.72. The van der Waals surface area contributed by atoms with Crippen molar-refractivity contribution < 1.29 is 14.4 Å². The Morgan fingerprint density at radius 1 is 1.61 bits per heavy atom. The zero-order chi connectivity index (χ0) is 12.5. The van der Waals surface area contributed by atoms with E-state index in [1.165, 1.54) is 0 Å². The van der Waals surface area contributed by atoms with Gasteiger partial charge in [-0.05, 0) is 11.4 Å². The third-order valence-electron chi connectivity index (χ3n) is 2.87. The van der Waals surface area contributed by atoms with Crippen LogP contribution in [0.3, 0.4) is 0 Å². The van der Waals surface area contributed by atoms with Gasteiger partial charge in [-0.25, -0.2) is 0 Å². The summed E-state index contributed by atoms with van der Waals surface area (Å²) in [7, 11) is 0. The molecule has 94 valence electrons. The largest absolute Gasteiger partial charge is 0.481 e. The second-order valence-electron chi connectivity index (χ2n) is 4.22. The molecule has 0 unspecified atom stereocenters. The van der Waals surface area contributed by atoms with E-state index in [1.807, 2.05) is 22.4 Å². The molecule has 0 amide bonds. The summed E-state index contributed by atoms with van der Waals surface area (Å²) in [5, 5.41) is 14.6. The molecule has 1 fully saturated rings. The quantitative estimate of drug-likeness (QED) is 0.898. The molecule has 3 rings (SSSR count). The highest BCUT2D eigenvalue weighted by atomic mass is 32.1. The van der Waals surface area contributed by atoms with Crippen LogP contribution >= 0.6 is 11.3 Å². The van der Waals surface area contributed by atoms with Crippen LogP contribution < -0.4 is 0 Å². The van der Waals surface area contributed by atoms with Crippen molar-refractivity contribution in [3.8, 4) is 10.7 Å². The lowest BCUT2D eigenvalue weighted by Gasteiger charge is -2.35. The van der Waals surface area contributed by atoms with Crippen LogP contribution in [-0.4, -0.2) is 39.2 Å². The van der Waals surface area contributed by atoms with Gasteiger partial charge in [0.25, 0.3) is 0 Å². The molecule has 1 aliphatic heterocycles. The average Bonchev–Trinajstić information content (AvgIpc) is 2.92. The number of carboxylic acid groups (broad SMARTS) is 1. The third kappa shape index (κ3) is 2.14. The lowest BCUT2D eigenvalue weighted by Crippen LogP contribution is -2.49. The summed E-state index contributed by atoms with van der Waals surface area (Å²) in [6, 6.07) is 3.87. The van der Waals surface area contributed by atoms with Crippen LogP contribution in [0.25, 0.3) is 10.7 Å². The fraction of sp³-hybridized carbons (Fsp3) is 0.364. The van der Waals surface area contributed by atoms with Gasteiger partial charge in [0.2, 0.25) is 11.7 Å². The van der Waals surface area contributed by atoms with E-state index in [2.05, 4.69) is 10.1 Å². The molecule has 0 radical (unpaired) electrons. The highest BCUT2D eigenvalue weighted by Gasteiger charge is 2.33. The standard InChI is InChI=1S/C11H11N3O3S/c15-11(16)7-4-14(5-7)6-9-12-10(13-17-9)8-2-1-3-18-8/h1-3,7H,4-6H2,(H,15,16). The van der Waals surface area contributed by atoms with Crippen molar-refractivity contribution >= 4 is 17.3 Å². The van der Waals surface area contributed by atoms with Crippen molar-refractivity contribution in [2.24, 2.45) is 5.92 Å². The predicted molar refractivity (Wildman–Crippen MR) is 64.0 cm³/mol. The Labute approximate surface area is 107 Å². The predicted octanol–water partition coefficient (Wildman–Crippen LogP) is 1.31. The number of rotatable bonds is 4. The number of carbonyl (C=O) groups is 1. The van der Waals surface area contributed by atoms with E-state index in [1.54, 1.807) is 11.3 Å². The van der Waals surface area contributed by atoms with Gasteiger partial charge < -0.3 is 9.63 Å². The molecule has 0 aliphatic carbocycles. The second-order valence-corrected chi connectivity index (χ2v) is 5.17. The van der Waals surface area contributed by atoms with Gasteiger partial charge in [-0.1, -0.05) is 11.2 Å². The first kappa shape index (κ1) is 11.4. The first-order valence-corrected chi connectivity index (χ1v) is 6.42. The van der Waals surface area contributed by atoms with Gasteiger partial charge >= 0.3 is 5.97 Å². The van der Waals surface area contributed by atoms with Crippen LogP contribution in [-0.2, 0) is 11.3 Å². The normalized spacial score (nSPS) is 16.7. The van der Waals surface area contributed by atoms with Gasteiger partial charge in [0, 0.05) is 13.1 Å². The monoisotopic (exact) mass is 265 g/mol. The van der Waals surface area contributed by atoms with Crippen LogP contribution in [0.5, 0.6) is 0 Å². The molecule has 1 aliphatic rings. The van der Waals surface area contributed by atoms with E-state index >= 15 is 0 Å². The van der Waals surface area contributed by atoms with Crippen LogP contribution in [0.1, 0.15) is 5.89 Å². The van der Waals surface area contributed by atoms with Gasteiger partial charge in [-0.15, -0.1) is 11.3 Å². The fourth-order valence-corrected chi connectivity index (χ4v) is 2.52. The smallest absolute Gasteiger partial charge is 0.309 e. The number of aliphatic carboxylic acids is 1. The Morgan fingerprint density at radius 2 is 2.44 bits per heavy atom. The molecule has 0 spiro atoms. The van der Waals surface area contributed by atoms with E-state index in [0.29, 0.717) is 31.3 Å². The van der Waals surface area contributed by atoms with Crippen molar-refractivity contribution in [3.63, 3.8) is 0 Å². The highest BCUT2D eigenvalue weighted by Crippen LogP contribution is 2.23. The minimum Gasteiger partial charge on any atom is -0.481 e. The molecule has 18 heavy (non-hydrogen) atoms. The molecule has 7 heteroatoms. The van der Waals surface area contributed by atoms with Crippen LogP contribution in [0.15, 0.2) is 22.0 Å². The third-order valence-corrected chi connectivity index (χ3v) is 3.74. The number of thiophene rings is 1. The van der Waals surface area contributed by atoms with Crippen molar-refractivity contribution in [2.45, 2.75) is 6.54 Å². The zero-order valence-electron chi connectivity index (χ0n) is 9.44. The molecule has 0 atom stereocenters. The molecule has 0 bridgehead atoms. The Hall–Kier alpha value is -1.73. The van der Waals surface area contributed by atoms with Gasteiger partial charge in [0.15, 0.2) is 0 Å². The van der Waals surface area contributed by atoms with Crippen LogP contribution in [0.2, 0.25) is 0 Å². The van der Waals surface area contributed by atoms with E-state index < -0.39 is 5.97 Å². The van der Waals surface area contributed by atoms with E-state index in [-0.39, 0.29) is 5.92 Å². The molecular formula is C11H11N3O3S. The number of hydrogen-bond acceptors (Lipinski definition) is 6. The number of likely N-dealkylation sites (tertiary alicyclic amines) is 1. The van der Waals surface area contributed by atoms with Crippen LogP contribution in [0.4, 0.5) is 0 Å². The minimum absolute atomic E-state index is 0.260. The summed E-state index contributed by atoms with van der Waals surface area (Å²) in [6.45, 7) is 1.61. The van der Waals surface area contributed by atoms with Gasteiger partial charge in [0.05, 0.1) is 17.3 Å². The molecule has 2 aromatic heterocycles. The van der Waals surface area contributed by atoms with Crippen molar-refractivity contribution in [1.29, 1.82) is 0 Å². The summed E-state index contributed by atoms with van der Waals surface area (Å²) in [5.74, 6) is 0.123. The molecular weight excluding hydrogens is 254 g/mol. The highest BCUT2D eigenvalue weighted by molar-refractivity contribution is 7.13. The minimum atomic E-state index is -0.740. The maximum atomic E-state index is 10.7. The van der Waals surface area contributed by atoms with Crippen molar-refractivity contribution in [1.82, 2.24) is 15.0 Å². The second kappa shape index (κ2) is 4.51. The molecule has 3 heterocycles. The molecule has 1 saturated heterocycles. The molecule has 0 aromatic carbocycles. The van der Waals surface area contributed by atoms with Crippen molar-refractivity contribution in [3.05, 3.63) is 23.4 Å². The van der Waals surface area contributed by atoms with E-state index in [0.717, 1.165) is 4.88 Å². The number of aromatic nitrogens is 2. The molecule has 6 nitrogen and oxygen atoms in total. The lowest BCUT2D eigenvalue weighted by molar-refractivity contribution is -0.147. The van der Waals surface area contributed by atoms with Gasteiger partial charge in [0.1, 0.15) is 0 Å². The maximum Gasteiger partial charge on any atom is 0.309 e. The van der Waals surface area contributed by atoms with Crippen molar-refractivity contribution in [2.75, 3.05) is 13.1 Å². The Balaban J connectivity index is 1.60. The first-order valence-electron chi connectivity index (χ1n) is 5.54. The zero-order valence-corrected chi connectivity index (χ0v) is 10.3. The number of carboxylic acids is 1. The summed E-state index contributed by atoms with van der Waals surface area (Å²) < 4.78 is 5.15. The summed E-state index contributed by atoms with van der Waals surface area (Å²) in [5.41, 5.74) is 0. The number of hydrogen-bond donors (Lipinski definition) is 1. The topological polar surface area (TPSA) is 79.5 Å². The molecule has 2 aromatic rings. The Morgan fingerprint density at radius 3 is 3.11 bits per heavy atom. The molecule has 1 N–H and O–H groups in total. The summed E-state index contributed by atoms with van der Waals surface area (Å²) >= 11 is 1.56. The summed E-state index contributed by atoms with van der Waals surface area (Å²) in [4.78, 5) is 17.9. The van der Waals surface area contributed by atoms with Gasteiger partial charge in [-0.2, -0.15) is 4.98 Å². The Bertz CT molecular complexity index is 546. The van der Waals surface area contributed by atoms with E-state index in [9.17, 15) is 4.79 Å². The Kier molecular flexibility index (Phi) is 2.85.